The molecule has 0 aromatic heterocycles. The Morgan fingerprint density at radius 3 is 3.25 bits per heavy atom. The fourth-order valence-electron chi connectivity index (χ4n) is 1.26. The van der Waals surface area contributed by atoms with Crippen molar-refractivity contribution in [3.63, 3.8) is 0 Å². The summed E-state index contributed by atoms with van der Waals surface area (Å²) in [5, 5.41) is 0. The highest BCUT2D eigenvalue weighted by molar-refractivity contribution is 5.50. The fourth-order valence-corrected chi connectivity index (χ4v) is 1.26. The number of nitrogens with one attached hydrogen (secondary N) is 1. The minimum Gasteiger partial charge on any atom is -0.331 e. The highest BCUT2D eigenvalue weighted by Gasteiger charge is 2.08. The summed E-state index contributed by atoms with van der Waals surface area (Å²) in [6.07, 6.45) is 1.91. The lowest BCUT2D eigenvalue weighted by atomic mass is 10.3. The molecule has 0 unspecified atom stereocenters. The zero-order valence-corrected chi connectivity index (χ0v) is 6.74. The fraction of sp³-hybridized carbons (Fsp3) is 0.250. The van der Waals surface area contributed by atoms with Gasteiger partial charge in [-0.1, -0.05) is 0 Å². The molecule has 2 heterocycles. The number of H-pyrrole nitrogens is 1. The molecular weight excluding hydrogens is 154 g/mol. The van der Waals surface area contributed by atoms with Gasteiger partial charge in [0.25, 0.3) is 0 Å². The van der Waals surface area contributed by atoms with Crippen molar-refractivity contribution in [1.82, 2.24) is 14.5 Å². The zero-order chi connectivity index (χ0) is 8.55. The van der Waals surface area contributed by atoms with Gasteiger partial charge in [0.05, 0.1) is 5.69 Å². The minimum absolute atomic E-state index is 0.279. The molecule has 4 nitrogen and oxygen atoms in total. The van der Waals surface area contributed by atoms with Crippen LogP contribution in [0, 0.1) is 0 Å². The van der Waals surface area contributed by atoms with Crippen LogP contribution in [0.1, 0.15) is 6.92 Å². The molecule has 0 bridgehead atoms. The van der Waals surface area contributed by atoms with Crippen LogP contribution in [-0.4, -0.2) is 14.5 Å². The van der Waals surface area contributed by atoms with E-state index in [1.54, 1.807) is 0 Å². The first-order valence-electron chi connectivity index (χ1n) is 3.86. The van der Waals surface area contributed by atoms with Crippen LogP contribution in [0.15, 0.2) is 23.1 Å². The average Bonchev–Trinajstić information content (AvgIpc) is 2.44. The number of rotatable bonds is 1. The number of aromatic amines is 1. The van der Waals surface area contributed by atoms with E-state index in [2.05, 4.69) is 9.97 Å². The van der Waals surface area contributed by atoms with E-state index in [1.165, 1.54) is 0 Å². The first kappa shape index (κ1) is 7.09. The lowest BCUT2D eigenvalue weighted by molar-refractivity contribution is 0.750. The molecule has 0 spiro atoms. The Hall–Kier alpha value is -1.58. The number of imidazole rings is 1. The summed E-state index contributed by atoms with van der Waals surface area (Å²) < 4.78 is 1.92. The van der Waals surface area contributed by atoms with E-state index in [1.807, 2.05) is 29.8 Å². The molecule has 2 rings (SSSR count). The quantitative estimate of drug-likeness (QED) is 0.672. The number of fused-ring (bicyclic) bond motifs is 1. The van der Waals surface area contributed by atoms with E-state index in [9.17, 15) is 4.79 Å². The third-order valence-corrected chi connectivity index (χ3v) is 1.83. The lowest BCUT2D eigenvalue weighted by Crippen LogP contribution is -2.02. The van der Waals surface area contributed by atoms with Crippen molar-refractivity contribution in [2.45, 2.75) is 13.5 Å². The lowest BCUT2D eigenvalue weighted by Gasteiger charge is -2.05. The van der Waals surface area contributed by atoms with Crippen molar-refractivity contribution in [2.24, 2.45) is 0 Å². The third-order valence-electron chi connectivity index (χ3n) is 1.83. The molecule has 1 N–H and O–H groups in total. The number of aryl methyl sites for hydroxylation is 1. The second-order valence-electron chi connectivity index (χ2n) is 2.57. The molecule has 62 valence electrons. The first-order valence-corrected chi connectivity index (χ1v) is 3.86. The molecule has 0 aromatic carbocycles. The summed E-state index contributed by atoms with van der Waals surface area (Å²) in [6.45, 7) is 2.83. The van der Waals surface area contributed by atoms with Crippen LogP contribution in [0.5, 0.6) is 0 Å². The Labute approximate surface area is 69.2 Å². The van der Waals surface area contributed by atoms with E-state index in [0.717, 1.165) is 18.1 Å². The first-order chi connectivity index (χ1) is 5.81. The summed E-state index contributed by atoms with van der Waals surface area (Å²) >= 11 is 0. The maximum atomic E-state index is 10.9. The van der Waals surface area contributed by atoms with Crippen molar-refractivity contribution in [3.05, 3.63) is 28.8 Å². The molecule has 2 aliphatic heterocycles. The van der Waals surface area contributed by atoms with Crippen molar-refractivity contribution in [3.8, 4) is 11.5 Å². The van der Waals surface area contributed by atoms with Gasteiger partial charge in [0.1, 0.15) is 0 Å². The van der Waals surface area contributed by atoms with Gasteiger partial charge in [0.15, 0.2) is 5.82 Å². The molecule has 0 saturated heterocycles. The molecule has 2 aliphatic rings. The zero-order valence-electron chi connectivity index (χ0n) is 6.74. The number of aromatic nitrogens is 3. The van der Waals surface area contributed by atoms with Crippen LogP contribution in [0.3, 0.4) is 0 Å². The van der Waals surface area contributed by atoms with Crippen molar-refractivity contribution in [2.75, 3.05) is 0 Å². The Morgan fingerprint density at radius 1 is 1.67 bits per heavy atom. The third kappa shape index (κ3) is 0.922. The van der Waals surface area contributed by atoms with Gasteiger partial charge in [-0.3, -0.25) is 0 Å². The number of pyridine rings is 1. The largest absolute Gasteiger partial charge is 0.347 e. The standard InChI is InChI=1S/C8H9N3O/c1-2-11-5-3-4-6-7(11)10-8(12)9-6/h3-5H,2H2,1H3,(H,9,12). The van der Waals surface area contributed by atoms with Crippen LogP contribution >= 0.6 is 0 Å². The smallest absolute Gasteiger partial charge is 0.331 e. The SMILES string of the molecule is CCn1cccc2[nH]c(=O)nc1-2. The van der Waals surface area contributed by atoms with Gasteiger partial charge >= 0.3 is 5.69 Å². The molecular formula is C8H9N3O. The molecule has 0 aliphatic carbocycles. The van der Waals surface area contributed by atoms with Gasteiger partial charge in [-0.05, 0) is 19.1 Å². The monoisotopic (exact) mass is 163 g/mol. The average molecular weight is 163 g/mol. The van der Waals surface area contributed by atoms with Gasteiger partial charge in [0, 0.05) is 12.7 Å². The second kappa shape index (κ2) is 2.48. The predicted octanol–water partition coefficient (Wildman–Crippen LogP) is 0.696. The summed E-state index contributed by atoms with van der Waals surface area (Å²) in [5.41, 5.74) is 0.516. The Bertz CT molecular complexity index is 415. The Morgan fingerprint density at radius 2 is 2.50 bits per heavy atom. The Kier molecular flexibility index (Phi) is 1.46. The predicted molar refractivity (Wildman–Crippen MR) is 45.1 cm³/mol. The number of nitrogens with zero attached hydrogens (tertiary/aromatic N) is 2. The van der Waals surface area contributed by atoms with E-state index >= 15 is 0 Å². The molecule has 0 atom stereocenters. The van der Waals surface area contributed by atoms with Gasteiger partial charge < -0.3 is 9.55 Å². The van der Waals surface area contributed by atoms with Crippen LogP contribution in [0.4, 0.5) is 0 Å². The normalized spacial score (nSPS) is 10.8. The van der Waals surface area contributed by atoms with Crippen LogP contribution in [-0.2, 0) is 6.54 Å². The topological polar surface area (TPSA) is 50.7 Å². The van der Waals surface area contributed by atoms with E-state index in [-0.39, 0.29) is 5.69 Å². The molecule has 0 amide bonds. The molecule has 0 saturated carbocycles. The summed E-state index contributed by atoms with van der Waals surface area (Å²) in [7, 11) is 0. The highest BCUT2D eigenvalue weighted by Crippen LogP contribution is 2.13. The van der Waals surface area contributed by atoms with Gasteiger partial charge in [-0.15, -0.1) is 0 Å². The van der Waals surface area contributed by atoms with Gasteiger partial charge in [-0.25, -0.2) is 4.79 Å². The van der Waals surface area contributed by atoms with Crippen LogP contribution in [0.25, 0.3) is 11.5 Å². The van der Waals surface area contributed by atoms with Crippen LogP contribution in [0.2, 0.25) is 0 Å². The summed E-state index contributed by atoms with van der Waals surface area (Å²) in [5.74, 6) is 0.727. The number of hydrogen-bond donors (Lipinski definition) is 1. The van der Waals surface area contributed by atoms with Crippen LogP contribution < -0.4 is 5.69 Å². The minimum atomic E-state index is -0.279. The van der Waals surface area contributed by atoms with Crippen molar-refractivity contribution >= 4 is 0 Å². The molecule has 0 radical (unpaired) electrons. The summed E-state index contributed by atoms with van der Waals surface area (Å²) in [4.78, 5) is 17.4. The van der Waals surface area contributed by atoms with E-state index < -0.39 is 0 Å². The molecule has 0 fully saturated rings. The molecule has 0 aromatic rings. The highest BCUT2D eigenvalue weighted by atomic mass is 16.1. The van der Waals surface area contributed by atoms with Gasteiger partial charge in [0.2, 0.25) is 0 Å². The Balaban J connectivity index is 2.76. The van der Waals surface area contributed by atoms with Crippen molar-refractivity contribution in [1.29, 1.82) is 0 Å². The second-order valence-corrected chi connectivity index (χ2v) is 2.57. The van der Waals surface area contributed by atoms with E-state index in [4.69, 9.17) is 0 Å². The van der Waals surface area contributed by atoms with Crippen molar-refractivity contribution < 1.29 is 0 Å². The van der Waals surface area contributed by atoms with E-state index in [0.29, 0.717) is 0 Å². The maximum Gasteiger partial charge on any atom is 0.347 e. The van der Waals surface area contributed by atoms with Gasteiger partial charge in [-0.2, -0.15) is 4.98 Å². The molecule has 4 heteroatoms. The number of hydrogen-bond acceptors (Lipinski definition) is 2. The summed E-state index contributed by atoms with van der Waals surface area (Å²) in [6, 6.07) is 3.74. The molecule has 12 heavy (non-hydrogen) atoms. The maximum absolute atomic E-state index is 10.9.